The van der Waals surface area contributed by atoms with Gasteiger partial charge >= 0.3 is 0 Å². The normalized spacial score (nSPS) is 13.6. The summed E-state index contributed by atoms with van der Waals surface area (Å²) in [6, 6.07) is 45.8. The Labute approximate surface area is 778 Å². The van der Waals surface area contributed by atoms with Gasteiger partial charge in [0.2, 0.25) is 0 Å². The Bertz CT molecular complexity index is 7840. The summed E-state index contributed by atoms with van der Waals surface area (Å²) < 4.78 is 291. The molecule has 4 amide bonds. The molecule has 690 valence electrons. The average Bonchev–Trinajstić information content (AvgIpc) is 0.667. The third-order valence-corrected chi connectivity index (χ3v) is 29.5. The first-order chi connectivity index (χ1) is 63.2. The number of rotatable bonds is 25. The summed E-state index contributed by atoms with van der Waals surface area (Å²) in [5.41, 5.74) is -0.347. The lowest BCUT2D eigenvalue weighted by atomic mass is 9.80. The van der Waals surface area contributed by atoms with Crippen molar-refractivity contribution in [2.75, 3.05) is 9.80 Å². The molecule has 2 aliphatic rings. The van der Waals surface area contributed by atoms with Crippen LogP contribution in [0.25, 0.3) is 87.6 Å². The smallest absolute Gasteiger partial charge is 0.294 e. The van der Waals surface area contributed by atoms with Crippen LogP contribution >= 0.6 is 12.6 Å². The summed E-state index contributed by atoms with van der Waals surface area (Å²) in [5, 5.41) is -3.43. The molecular weight excluding hydrogens is 1900 g/mol. The van der Waals surface area contributed by atoms with Gasteiger partial charge in [-0.25, -0.2) is 9.80 Å². The maximum Gasteiger partial charge on any atom is 0.294 e. The highest BCUT2D eigenvalue weighted by Crippen LogP contribution is 2.60. The van der Waals surface area contributed by atoms with Crippen LogP contribution in [-0.2, 0) is 70.8 Å². The first-order valence-corrected chi connectivity index (χ1v) is 51.4. The number of benzene rings is 15. The molecule has 0 fully saturated rings. The second-order valence-corrected chi connectivity index (χ2v) is 43.9. The molecule has 7 N–H and O–H groups in total. The zero-order chi connectivity index (χ0) is 97.2. The van der Waals surface area contributed by atoms with Gasteiger partial charge in [0.25, 0.3) is 94.5 Å². The maximum atomic E-state index is 17.1. The van der Waals surface area contributed by atoms with Gasteiger partial charge in [0.15, 0.2) is 0 Å². The second-order valence-electron chi connectivity index (χ2n) is 33.4. The molecule has 0 radical (unpaired) electrons. The van der Waals surface area contributed by atoms with Gasteiger partial charge in [-0.2, -0.15) is 58.9 Å². The summed E-state index contributed by atoms with van der Waals surface area (Å²) in [6.07, 6.45) is 0. The summed E-state index contributed by atoms with van der Waals surface area (Å²) in [7, 11) is -36.3. The van der Waals surface area contributed by atoms with E-state index in [2.05, 4.69) is 12.6 Å². The molecule has 17 rings (SSSR count). The average molecular weight is 1980 g/mol. The van der Waals surface area contributed by atoms with Crippen molar-refractivity contribution in [3.8, 4) is 90.5 Å². The third kappa shape index (κ3) is 17.4. The molecule has 0 aromatic heterocycles. The minimum Gasteiger partial charge on any atom is -0.457 e. The molecular formula is C96H74N2O29S8. The highest BCUT2D eigenvalue weighted by atomic mass is 32.2. The zero-order valence-electron chi connectivity index (χ0n) is 71.6. The summed E-state index contributed by atoms with van der Waals surface area (Å²) in [6.45, 7) is 14.3. The van der Waals surface area contributed by atoms with E-state index < -0.39 is 253 Å². The molecule has 2 heterocycles. The van der Waals surface area contributed by atoms with Crippen LogP contribution in [0.4, 0.5) is 11.4 Å². The van der Waals surface area contributed by atoms with Gasteiger partial charge < -0.3 is 18.9 Å². The van der Waals surface area contributed by atoms with Crippen molar-refractivity contribution in [1.29, 1.82) is 0 Å². The van der Waals surface area contributed by atoms with Gasteiger partial charge in [0.1, 0.15) is 46.0 Å². The summed E-state index contributed by atoms with van der Waals surface area (Å²) >= 11 is 4.47. The van der Waals surface area contributed by atoms with Crippen LogP contribution in [0.1, 0.15) is 143 Å². The molecule has 0 bridgehead atoms. The Morgan fingerprint density at radius 1 is 0.237 bits per heavy atom. The number of ether oxygens (including phenoxy) is 4. The van der Waals surface area contributed by atoms with Gasteiger partial charge in [-0.05, 0) is 212 Å². The van der Waals surface area contributed by atoms with Crippen LogP contribution in [0.3, 0.4) is 0 Å². The lowest BCUT2D eigenvalue weighted by molar-refractivity contribution is 0.0877. The number of hydrogen-bond acceptors (Lipinski definition) is 23. The standard InChI is InChI=1S/C96H74N2O29S8/c1-47(2)71-11-9-12-72(48(3)4)91(71)97-93(99)75-43-79(124-59-31-55(35-67(39-59)132(112,113)114)51-15-23-63(128)24-16-51)85-86-80(125-60-32-56(36-68(40-60)133(115,116)117)52-17-25-64(26-18-52)129(103,104)105)44-77-84-78(96(102)98(95(77)101)92-73(49(5)6)13-10-14-74(92)50(7)8)46-82(127-62-34-58(38-70(42-62)135(121,122)123)54-21-29-66(30-22-54)131(109,110)111)88(90(84)86)87-81(45-76(94(97)100)83(75)89(85)87)126-61-33-57(37-69(41-61)134(118,119)120)53-19-27-65(28-20-53)130(106,107)108/h9-50,128H,1-8H3,(H,103,104,105)(H,106,107,108)(H,109,110,111)(H,112,113,114)(H,115,116,117)(H,118,119,120)(H,121,122,123). The fourth-order valence-corrected chi connectivity index (χ4v) is 20.9. The van der Waals surface area contributed by atoms with E-state index in [0.29, 0.717) is 27.1 Å². The molecule has 39 heteroatoms. The molecule has 0 aliphatic carbocycles. The van der Waals surface area contributed by atoms with Gasteiger partial charge in [-0.3, -0.25) is 51.0 Å². The van der Waals surface area contributed by atoms with Crippen molar-refractivity contribution < 1.29 is 129 Å². The van der Waals surface area contributed by atoms with Crippen molar-refractivity contribution in [3.05, 3.63) is 275 Å². The van der Waals surface area contributed by atoms with Crippen molar-refractivity contribution >= 4 is 162 Å². The Hall–Kier alpha value is -13.2. The molecule has 2 aliphatic heterocycles. The van der Waals surface area contributed by atoms with Crippen LogP contribution in [0.2, 0.25) is 0 Å². The van der Waals surface area contributed by atoms with Gasteiger partial charge in [0, 0.05) is 72.3 Å². The zero-order valence-corrected chi connectivity index (χ0v) is 78.2. The molecule has 0 unspecified atom stereocenters. The number of imide groups is 2. The molecule has 0 saturated carbocycles. The molecule has 135 heavy (non-hydrogen) atoms. The lowest BCUT2D eigenvalue weighted by Gasteiger charge is -2.35. The van der Waals surface area contributed by atoms with Crippen LogP contribution in [0, 0.1) is 0 Å². The Morgan fingerprint density at radius 2 is 0.437 bits per heavy atom. The predicted octanol–water partition coefficient (Wildman–Crippen LogP) is 20.7. The van der Waals surface area contributed by atoms with E-state index in [1.165, 1.54) is 30.3 Å². The monoisotopic (exact) mass is 1970 g/mol. The Kier molecular flexibility index (Phi) is 23.4. The third-order valence-electron chi connectivity index (χ3n) is 23.3. The molecule has 0 atom stereocenters. The van der Waals surface area contributed by atoms with Crippen molar-refractivity contribution in [3.63, 3.8) is 0 Å². The van der Waals surface area contributed by atoms with E-state index >= 15 is 19.2 Å². The largest absolute Gasteiger partial charge is 0.457 e. The molecule has 15 aromatic rings. The number of carbonyl (C=O) groups is 4. The van der Waals surface area contributed by atoms with E-state index in [0.717, 1.165) is 149 Å². The predicted molar refractivity (Wildman–Crippen MR) is 503 cm³/mol. The fourth-order valence-electron chi connectivity index (χ4n) is 17.2. The number of fused-ring (bicyclic) bond motifs is 2. The van der Waals surface area contributed by atoms with Crippen molar-refractivity contribution in [2.45, 2.75) is 118 Å². The number of nitrogens with zero attached hydrogens (tertiary/aromatic N) is 2. The first kappa shape index (κ1) is 93.6. The SMILES string of the molecule is CC(C)c1cccc(C(C)C)c1N1C(=O)c2cc(Oc3cc(-c4ccc(S)cc4)cc(S(=O)(=O)O)c3)c3c4c(Oc5cc(-c6ccc(S(=O)(=O)O)cc6)cc(S(=O)(=O)O)c5)cc5c6c(cc(Oc7cc(-c8ccc(S(=O)(=O)O)cc8)cc(S(=O)(=O)O)c7)c(c7c(Oc8cc(-c9ccc(S(=O)(=O)O)cc9)cc(S(=O)(=O)O)c8)cc(c2c37)C1=O)c64)C(=O)N(c1c(C(C)C)cccc1C(C)C)C5=O. The summed E-state index contributed by atoms with van der Waals surface area (Å²) in [4.78, 5) is 65.3. The number of para-hydroxylation sites is 2. The van der Waals surface area contributed by atoms with Crippen LogP contribution in [0.15, 0.2) is 270 Å². The lowest BCUT2D eigenvalue weighted by Crippen LogP contribution is -2.42. The Morgan fingerprint density at radius 3 is 0.630 bits per heavy atom. The first-order valence-electron chi connectivity index (χ1n) is 40.8. The number of anilines is 2. The van der Waals surface area contributed by atoms with Gasteiger partial charge in [-0.1, -0.05) is 140 Å². The van der Waals surface area contributed by atoms with Crippen LogP contribution in [-0.4, -0.2) is 114 Å². The molecule has 15 aromatic carbocycles. The highest BCUT2D eigenvalue weighted by molar-refractivity contribution is 7.87. The van der Waals surface area contributed by atoms with Crippen LogP contribution in [0.5, 0.6) is 46.0 Å². The minimum atomic E-state index is -5.43. The molecule has 31 nitrogen and oxygen atoms in total. The second kappa shape index (κ2) is 33.7. The fraction of sp³-hybridized carbons (Fsp3) is 0.125. The highest BCUT2D eigenvalue weighted by Gasteiger charge is 2.45. The number of thiol groups is 1. The van der Waals surface area contributed by atoms with E-state index in [1.807, 2.05) is 0 Å². The van der Waals surface area contributed by atoms with E-state index in [4.69, 9.17) is 18.9 Å². The van der Waals surface area contributed by atoms with Crippen LogP contribution < -0.4 is 28.7 Å². The topological polar surface area (TPSA) is 492 Å². The number of hydrogen-bond donors (Lipinski definition) is 8. The van der Waals surface area contributed by atoms with E-state index in [-0.39, 0.29) is 66.7 Å². The van der Waals surface area contributed by atoms with Crippen molar-refractivity contribution in [2.24, 2.45) is 0 Å². The quantitative estimate of drug-likeness (QED) is 0.00866. The molecule has 0 saturated heterocycles. The van der Waals surface area contributed by atoms with E-state index in [1.54, 1.807) is 116 Å². The molecule has 0 spiro atoms. The van der Waals surface area contributed by atoms with E-state index in [9.17, 15) is 90.8 Å². The Balaban J connectivity index is 1.13. The van der Waals surface area contributed by atoms with Gasteiger partial charge in [0.05, 0.1) is 67.9 Å². The van der Waals surface area contributed by atoms with Gasteiger partial charge in [-0.15, -0.1) is 12.6 Å². The minimum absolute atomic E-state index is 0.0134. The van der Waals surface area contributed by atoms with Crippen molar-refractivity contribution in [1.82, 2.24) is 0 Å². The number of carbonyl (C=O) groups excluding carboxylic acids is 4. The summed E-state index contributed by atoms with van der Waals surface area (Å²) in [5.74, 6) is -11.3. The maximum absolute atomic E-state index is 17.1. The number of amides is 4.